The molecule has 0 bridgehead atoms. The van der Waals surface area contributed by atoms with Crippen molar-refractivity contribution in [3.63, 3.8) is 0 Å². The van der Waals surface area contributed by atoms with Crippen molar-refractivity contribution in [3.05, 3.63) is 206 Å². The highest BCUT2D eigenvalue weighted by Gasteiger charge is 2.19. The van der Waals surface area contributed by atoms with Gasteiger partial charge in [-0.3, -0.25) is 0 Å². The Morgan fingerprint density at radius 3 is 1.47 bits per heavy atom. The molecule has 9 aromatic carbocycles. The molecule has 2 aromatic heterocycles. The normalized spacial score (nSPS) is 11.6. The molecule has 0 amide bonds. The fourth-order valence-electron chi connectivity index (χ4n) is 8.37. The topological polar surface area (TPSA) is 8.17 Å². The largest absolute Gasteiger partial charge is 0.311 e. The van der Waals surface area contributed by atoms with Crippen LogP contribution in [0.4, 0.5) is 17.1 Å². The molecule has 0 saturated heterocycles. The number of thiophene rings is 1. The fraction of sp³-hybridized carbons (Fsp3) is 0. The lowest BCUT2D eigenvalue weighted by molar-refractivity contribution is 1.18. The maximum Gasteiger partial charge on any atom is 0.0633 e. The molecule has 11 aromatic rings. The van der Waals surface area contributed by atoms with E-state index >= 15 is 0 Å². The van der Waals surface area contributed by atoms with Crippen molar-refractivity contribution < 1.29 is 0 Å². The van der Waals surface area contributed by atoms with Crippen LogP contribution >= 0.6 is 11.3 Å². The third-order valence-electron chi connectivity index (χ3n) is 11.0. The van der Waals surface area contributed by atoms with Gasteiger partial charge in [0.2, 0.25) is 0 Å². The van der Waals surface area contributed by atoms with Gasteiger partial charge in [-0.25, -0.2) is 0 Å². The molecule has 0 N–H and O–H groups in total. The summed E-state index contributed by atoms with van der Waals surface area (Å²) >= 11 is 1.90. The van der Waals surface area contributed by atoms with Gasteiger partial charge in [0.05, 0.1) is 11.0 Å². The molecule has 0 unspecified atom stereocenters. The lowest BCUT2D eigenvalue weighted by atomic mass is 10.0. The Bertz CT molecular complexity index is 3070. The zero-order valence-corrected chi connectivity index (χ0v) is 30.7. The summed E-state index contributed by atoms with van der Waals surface area (Å²) in [5, 5.41) is 7.75. The minimum atomic E-state index is 1.10. The maximum atomic E-state index is 2.48. The highest BCUT2D eigenvalue weighted by Crippen LogP contribution is 2.45. The predicted octanol–water partition coefficient (Wildman–Crippen LogP) is 15.1. The van der Waals surface area contributed by atoms with E-state index in [0.717, 1.165) is 22.7 Å². The van der Waals surface area contributed by atoms with Crippen molar-refractivity contribution in [3.8, 4) is 27.9 Å². The summed E-state index contributed by atoms with van der Waals surface area (Å²) in [4.78, 5) is 2.36. The number of hydrogen-bond donors (Lipinski definition) is 0. The summed E-state index contributed by atoms with van der Waals surface area (Å²) in [6.45, 7) is 0. The summed E-state index contributed by atoms with van der Waals surface area (Å²) < 4.78 is 5.14. The molecule has 11 rings (SSSR count). The smallest absolute Gasteiger partial charge is 0.0633 e. The van der Waals surface area contributed by atoms with Gasteiger partial charge in [0.15, 0.2) is 0 Å². The Balaban J connectivity index is 1.08. The van der Waals surface area contributed by atoms with Crippen LogP contribution in [0.5, 0.6) is 0 Å². The Morgan fingerprint density at radius 1 is 0.364 bits per heavy atom. The Morgan fingerprint density at radius 2 is 0.855 bits per heavy atom. The first kappa shape index (κ1) is 31.6. The second-order valence-electron chi connectivity index (χ2n) is 14.1. The molecule has 0 saturated carbocycles. The number of rotatable bonds is 6. The molecular weight excluding hydrogens is 685 g/mol. The van der Waals surface area contributed by atoms with Crippen LogP contribution in [0.25, 0.3) is 80.7 Å². The van der Waals surface area contributed by atoms with Crippen molar-refractivity contribution in [2.75, 3.05) is 4.90 Å². The molecule has 55 heavy (non-hydrogen) atoms. The average molecular weight is 719 g/mol. The van der Waals surface area contributed by atoms with E-state index < -0.39 is 0 Å². The predicted molar refractivity (Wildman–Crippen MR) is 237 cm³/mol. The molecule has 0 aliphatic heterocycles. The van der Waals surface area contributed by atoms with Crippen molar-refractivity contribution in [1.82, 2.24) is 4.57 Å². The zero-order chi connectivity index (χ0) is 36.3. The van der Waals surface area contributed by atoms with Crippen LogP contribution in [0.2, 0.25) is 0 Å². The minimum absolute atomic E-state index is 1.10. The van der Waals surface area contributed by atoms with Crippen molar-refractivity contribution in [2.24, 2.45) is 0 Å². The van der Waals surface area contributed by atoms with Gasteiger partial charge in [-0.15, -0.1) is 11.3 Å². The lowest BCUT2D eigenvalue weighted by Crippen LogP contribution is -2.10. The van der Waals surface area contributed by atoms with Gasteiger partial charge in [-0.1, -0.05) is 146 Å². The van der Waals surface area contributed by atoms with Gasteiger partial charge < -0.3 is 9.47 Å². The van der Waals surface area contributed by atoms with Gasteiger partial charge in [-0.2, -0.15) is 0 Å². The Labute approximate surface area is 323 Å². The molecule has 0 spiro atoms. The summed E-state index contributed by atoms with van der Waals surface area (Å²) in [6, 6.07) is 74.9. The van der Waals surface area contributed by atoms with E-state index in [4.69, 9.17) is 0 Å². The highest BCUT2D eigenvalue weighted by atomic mass is 32.1. The van der Waals surface area contributed by atoms with Crippen LogP contribution in [0, 0.1) is 0 Å². The van der Waals surface area contributed by atoms with Crippen molar-refractivity contribution in [1.29, 1.82) is 0 Å². The maximum absolute atomic E-state index is 2.48. The Kier molecular flexibility index (Phi) is 7.39. The van der Waals surface area contributed by atoms with E-state index in [1.165, 1.54) is 75.0 Å². The molecule has 0 fully saturated rings. The second kappa shape index (κ2) is 12.9. The van der Waals surface area contributed by atoms with Crippen molar-refractivity contribution >= 4 is 81.1 Å². The van der Waals surface area contributed by atoms with Crippen LogP contribution in [0.3, 0.4) is 0 Å². The summed E-state index contributed by atoms with van der Waals surface area (Å²) in [7, 11) is 0. The van der Waals surface area contributed by atoms with Gasteiger partial charge in [0.1, 0.15) is 0 Å². The third kappa shape index (κ3) is 5.24. The standard InChI is InChI=1S/C52H34N2S/c1-3-11-35(12-4-1)37-19-25-40(26-20-37)53(41-27-21-38(22-28-41)36-13-5-2-6-14-36)42-29-31-43(32-30-42)54-48-17-9-7-15-44(48)46-33-23-39-24-34-47-45-16-8-10-18-49(45)55-52(47)50(39)51(46)54/h1-34H. The fourth-order valence-corrected chi connectivity index (χ4v) is 9.63. The van der Waals surface area contributed by atoms with E-state index in [1.54, 1.807) is 0 Å². The summed E-state index contributed by atoms with van der Waals surface area (Å²) in [5.41, 5.74) is 11.7. The van der Waals surface area contributed by atoms with Crippen LogP contribution < -0.4 is 4.90 Å². The molecule has 2 nitrogen and oxygen atoms in total. The monoisotopic (exact) mass is 718 g/mol. The molecule has 3 heteroatoms. The first-order valence-corrected chi connectivity index (χ1v) is 19.6. The van der Waals surface area contributed by atoms with Crippen LogP contribution in [0.15, 0.2) is 206 Å². The second-order valence-corrected chi connectivity index (χ2v) is 15.2. The van der Waals surface area contributed by atoms with Crippen molar-refractivity contribution in [2.45, 2.75) is 0 Å². The zero-order valence-electron chi connectivity index (χ0n) is 29.9. The number of anilines is 3. The molecule has 0 aliphatic carbocycles. The van der Waals surface area contributed by atoms with Gasteiger partial charge in [-0.05, 0) is 88.3 Å². The number of benzene rings is 9. The SMILES string of the molecule is c1ccc(-c2ccc(N(c3ccc(-c4ccccc4)cc3)c3ccc(-n4c5ccccc5c5ccc6ccc7c8ccccc8sc7c6c54)cc3)cc2)cc1. The number of hydrogen-bond acceptors (Lipinski definition) is 2. The first-order valence-electron chi connectivity index (χ1n) is 18.8. The van der Waals surface area contributed by atoms with Crippen LogP contribution in [0.1, 0.15) is 0 Å². The van der Waals surface area contributed by atoms with Crippen LogP contribution in [-0.2, 0) is 0 Å². The molecule has 0 atom stereocenters. The molecule has 0 radical (unpaired) electrons. The van der Waals surface area contributed by atoms with Gasteiger partial charge in [0.25, 0.3) is 0 Å². The number of aromatic nitrogens is 1. The molecule has 2 heterocycles. The number of para-hydroxylation sites is 1. The lowest BCUT2D eigenvalue weighted by Gasteiger charge is -2.26. The first-order chi connectivity index (χ1) is 27.3. The summed E-state index contributed by atoms with van der Waals surface area (Å²) in [6.07, 6.45) is 0. The van der Waals surface area contributed by atoms with Gasteiger partial charge >= 0.3 is 0 Å². The van der Waals surface area contributed by atoms with E-state index in [0.29, 0.717) is 0 Å². The molecular formula is C52H34N2S. The van der Waals surface area contributed by atoms with E-state index in [9.17, 15) is 0 Å². The number of nitrogens with zero attached hydrogens (tertiary/aromatic N) is 2. The molecule has 258 valence electrons. The van der Waals surface area contributed by atoms with Gasteiger partial charge in [0, 0.05) is 59.1 Å². The van der Waals surface area contributed by atoms with E-state index in [1.807, 2.05) is 11.3 Å². The highest BCUT2D eigenvalue weighted by molar-refractivity contribution is 7.26. The molecule has 0 aliphatic rings. The van der Waals surface area contributed by atoms with Crippen LogP contribution in [-0.4, -0.2) is 4.57 Å². The van der Waals surface area contributed by atoms with E-state index in [-0.39, 0.29) is 0 Å². The van der Waals surface area contributed by atoms with E-state index in [2.05, 4.69) is 216 Å². The summed E-state index contributed by atoms with van der Waals surface area (Å²) in [5.74, 6) is 0. The average Bonchev–Trinajstić information content (AvgIpc) is 3.81. The quantitative estimate of drug-likeness (QED) is 0.166. The number of fused-ring (bicyclic) bond motifs is 9. The Hall–Kier alpha value is -6.94. The third-order valence-corrected chi connectivity index (χ3v) is 12.2. The minimum Gasteiger partial charge on any atom is -0.311 e.